The van der Waals surface area contributed by atoms with Gasteiger partial charge in [-0.15, -0.1) is 0 Å². The van der Waals surface area contributed by atoms with Gasteiger partial charge in [0.15, 0.2) is 5.17 Å². The topological polar surface area (TPSA) is 67.5 Å². The molecule has 0 saturated heterocycles. The summed E-state index contributed by atoms with van der Waals surface area (Å²) >= 11 is 1.65. The van der Waals surface area contributed by atoms with Crippen LogP contribution in [0.25, 0.3) is 0 Å². The molecule has 2 aliphatic rings. The molecule has 1 aromatic carbocycles. The molecule has 1 aliphatic heterocycles. The van der Waals surface area contributed by atoms with Crippen molar-refractivity contribution in [1.29, 1.82) is 0 Å². The number of benzene rings is 1. The number of aliphatic imine (C=N–C) groups is 1. The molecule has 2 atom stereocenters. The monoisotopic (exact) mass is 305 g/mol. The first-order chi connectivity index (χ1) is 10.1. The van der Waals surface area contributed by atoms with E-state index >= 15 is 0 Å². The Morgan fingerprint density at radius 2 is 2.24 bits per heavy atom. The fourth-order valence-electron chi connectivity index (χ4n) is 3.03. The Bertz CT molecular complexity index is 588. The van der Waals surface area contributed by atoms with E-state index in [2.05, 4.69) is 5.32 Å². The van der Waals surface area contributed by atoms with Crippen LogP contribution in [0.15, 0.2) is 23.2 Å². The number of amidine groups is 1. The molecular weight excluding hydrogens is 286 g/mol. The molecule has 1 fully saturated rings. The van der Waals surface area contributed by atoms with Crippen molar-refractivity contribution in [2.75, 3.05) is 0 Å². The summed E-state index contributed by atoms with van der Waals surface area (Å²) in [6.07, 6.45) is 4.94. The second-order valence-corrected chi connectivity index (χ2v) is 6.61. The summed E-state index contributed by atoms with van der Waals surface area (Å²) in [4.78, 5) is 15.4. The van der Waals surface area contributed by atoms with E-state index in [1.54, 1.807) is 23.9 Å². The van der Waals surface area contributed by atoms with Gasteiger partial charge in [0.05, 0.1) is 17.0 Å². The molecule has 6 heteroatoms. The van der Waals surface area contributed by atoms with Crippen molar-refractivity contribution in [1.82, 2.24) is 5.32 Å². The predicted molar refractivity (Wildman–Crippen MR) is 85.7 cm³/mol. The van der Waals surface area contributed by atoms with Crippen LogP contribution in [0.4, 0.5) is 5.69 Å². The molecule has 21 heavy (non-hydrogen) atoms. The fourth-order valence-corrected chi connectivity index (χ4v) is 4.08. The van der Waals surface area contributed by atoms with Gasteiger partial charge in [0.1, 0.15) is 0 Å². The van der Waals surface area contributed by atoms with Crippen LogP contribution >= 0.6 is 11.8 Å². The Labute approximate surface area is 128 Å². The lowest BCUT2D eigenvalue weighted by Crippen LogP contribution is -2.36. The van der Waals surface area contributed by atoms with Crippen molar-refractivity contribution in [3.05, 3.63) is 39.4 Å². The fraction of sp³-hybridized carbons (Fsp3) is 0.533. The lowest BCUT2D eigenvalue weighted by atomic mass is 9.92. The first kappa shape index (κ1) is 14.4. The number of nitro groups is 1. The van der Waals surface area contributed by atoms with Crippen LogP contribution in [0, 0.1) is 17.0 Å². The standard InChI is InChI=1S/C15H19N3O2S/c1-10-11(5-4-8-14(10)18(19)20)9-21-15-16-12-6-2-3-7-13(12)17-15/h4-5,8,12-13H,2-3,6-7,9H2,1H3,(H,16,17). The minimum Gasteiger partial charge on any atom is -0.360 e. The molecule has 0 spiro atoms. The van der Waals surface area contributed by atoms with Gasteiger partial charge in [-0.25, -0.2) is 0 Å². The van der Waals surface area contributed by atoms with Crippen LogP contribution in [0.2, 0.25) is 0 Å². The largest absolute Gasteiger partial charge is 0.360 e. The molecule has 2 unspecified atom stereocenters. The van der Waals surface area contributed by atoms with Crippen LogP contribution in [0.1, 0.15) is 36.8 Å². The molecule has 1 saturated carbocycles. The average molecular weight is 305 g/mol. The number of fused-ring (bicyclic) bond motifs is 1. The Balaban J connectivity index is 1.66. The first-order valence-electron chi connectivity index (χ1n) is 7.35. The highest BCUT2D eigenvalue weighted by Crippen LogP contribution is 2.29. The zero-order valence-electron chi connectivity index (χ0n) is 12.0. The van der Waals surface area contributed by atoms with Crippen molar-refractivity contribution >= 4 is 22.6 Å². The van der Waals surface area contributed by atoms with E-state index < -0.39 is 0 Å². The Morgan fingerprint density at radius 3 is 3.00 bits per heavy atom. The third kappa shape index (κ3) is 3.05. The smallest absolute Gasteiger partial charge is 0.272 e. The van der Waals surface area contributed by atoms with Crippen molar-refractivity contribution in [2.24, 2.45) is 4.99 Å². The quantitative estimate of drug-likeness (QED) is 0.686. The van der Waals surface area contributed by atoms with Gasteiger partial charge < -0.3 is 5.32 Å². The van der Waals surface area contributed by atoms with Gasteiger partial charge in [-0.1, -0.05) is 36.7 Å². The van der Waals surface area contributed by atoms with Gasteiger partial charge >= 0.3 is 0 Å². The van der Waals surface area contributed by atoms with E-state index in [0.29, 0.717) is 12.1 Å². The van der Waals surface area contributed by atoms with Gasteiger partial charge in [-0.2, -0.15) is 0 Å². The van der Waals surface area contributed by atoms with Crippen molar-refractivity contribution in [3.63, 3.8) is 0 Å². The molecule has 1 aliphatic carbocycles. The highest BCUT2D eigenvalue weighted by atomic mass is 32.2. The summed E-state index contributed by atoms with van der Waals surface area (Å²) in [5.74, 6) is 0.721. The maximum atomic E-state index is 11.0. The molecular formula is C15H19N3O2S. The molecule has 112 valence electrons. The van der Waals surface area contributed by atoms with Crippen molar-refractivity contribution in [2.45, 2.75) is 50.4 Å². The molecule has 1 aromatic rings. The third-order valence-electron chi connectivity index (χ3n) is 4.30. The lowest BCUT2D eigenvalue weighted by Gasteiger charge is -2.23. The molecule has 5 nitrogen and oxygen atoms in total. The predicted octanol–water partition coefficient (Wildman–Crippen LogP) is 3.41. The number of nitrogens with zero attached hydrogens (tertiary/aromatic N) is 2. The molecule has 0 amide bonds. The first-order valence-corrected chi connectivity index (χ1v) is 8.34. The average Bonchev–Trinajstić information content (AvgIpc) is 2.88. The van der Waals surface area contributed by atoms with E-state index in [1.807, 2.05) is 13.0 Å². The van der Waals surface area contributed by atoms with Crippen LogP contribution in [0.5, 0.6) is 0 Å². The highest BCUT2D eigenvalue weighted by Gasteiger charge is 2.30. The van der Waals surface area contributed by atoms with Gasteiger partial charge in [0, 0.05) is 17.4 Å². The number of hydrogen-bond donors (Lipinski definition) is 1. The van der Waals surface area contributed by atoms with Crippen LogP contribution in [0.3, 0.4) is 0 Å². The Kier molecular flexibility index (Phi) is 4.14. The molecule has 0 radical (unpaired) electrons. The zero-order chi connectivity index (χ0) is 14.8. The number of nitro benzene ring substituents is 1. The second-order valence-electron chi connectivity index (χ2n) is 5.64. The molecule has 0 bridgehead atoms. The second kappa shape index (κ2) is 6.05. The number of hydrogen-bond acceptors (Lipinski definition) is 5. The summed E-state index contributed by atoms with van der Waals surface area (Å²) in [5.41, 5.74) is 1.96. The zero-order valence-corrected chi connectivity index (χ0v) is 12.9. The van der Waals surface area contributed by atoms with E-state index in [1.165, 1.54) is 25.7 Å². The molecule has 3 rings (SSSR count). The van der Waals surface area contributed by atoms with Crippen LogP contribution < -0.4 is 5.32 Å². The van der Waals surface area contributed by atoms with Crippen LogP contribution in [-0.4, -0.2) is 22.2 Å². The number of nitrogens with one attached hydrogen (secondary N) is 1. The highest BCUT2D eigenvalue weighted by molar-refractivity contribution is 8.13. The number of rotatable bonds is 3. The van der Waals surface area contributed by atoms with Crippen molar-refractivity contribution in [3.8, 4) is 0 Å². The van der Waals surface area contributed by atoms with Gasteiger partial charge in [0.2, 0.25) is 0 Å². The van der Waals surface area contributed by atoms with Crippen LogP contribution in [-0.2, 0) is 5.75 Å². The normalized spacial score (nSPS) is 24.1. The maximum absolute atomic E-state index is 11.0. The molecule has 1 heterocycles. The summed E-state index contributed by atoms with van der Waals surface area (Å²) < 4.78 is 0. The van der Waals surface area contributed by atoms with E-state index in [0.717, 1.165) is 22.0 Å². The summed E-state index contributed by atoms with van der Waals surface area (Å²) in [7, 11) is 0. The van der Waals surface area contributed by atoms with E-state index in [-0.39, 0.29) is 10.6 Å². The summed E-state index contributed by atoms with van der Waals surface area (Å²) in [5, 5.41) is 15.5. The van der Waals surface area contributed by atoms with Crippen molar-refractivity contribution < 1.29 is 4.92 Å². The minimum atomic E-state index is -0.316. The minimum absolute atomic E-state index is 0.197. The lowest BCUT2D eigenvalue weighted by molar-refractivity contribution is -0.385. The molecule has 0 aromatic heterocycles. The van der Waals surface area contributed by atoms with E-state index in [4.69, 9.17) is 4.99 Å². The summed E-state index contributed by atoms with van der Waals surface area (Å²) in [6, 6.07) is 6.21. The third-order valence-corrected chi connectivity index (χ3v) is 5.25. The Morgan fingerprint density at radius 1 is 1.43 bits per heavy atom. The maximum Gasteiger partial charge on any atom is 0.272 e. The SMILES string of the molecule is Cc1c(CSC2=NC3CCCCC3N2)cccc1[N+](=O)[O-]. The van der Waals surface area contributed by atoms with Gasteiger partial charge in [0.25, 0.3) is 5.69 Å². The molecule has 1 N–H and O–H groups in total. The van der Waals surface area contributed by atoms with E-state index in [9.17, 15) is 10.1 Å². The number of thioether (sulfide) groups is 1. The summed E-state index contributed by atoms with van der Waals surface area (Å²) in [6.45, 7) is 1.82. The van der Waals surface area contributed by atoms with Gasteiger partial charge in [-0.3, -0.25) is 15.1 Å². The Hall–Kier alpha value is -1.56. The van der Waals surface area contributed by atoms with Gasteiger partial charge in [-0.05, 0) is 25.3 Å².